The Morgan fingerprint density at radius 1 is 1.50 bits per heavy atom. The quantitative estimate of drug-likeness (QED) is 0.698. The van der Waals surface area contributed by atoms with Gasteiger partial charge in [0, 0.05) is 0 Å². The molecule has 5 heteroatoms. The summed E-state index contributed by atoms with van der Waals surface area (Å²) in [6.07, 6.45) is -3.74. The van der Waals surface area contributed by atoms with Gasteiger partial charge in [-0.1, -0.05) is 32.5 Å². The smallest absolute Gasteiger partial charge is 0.371 e. The molecule has 1 N–H and O–H groups in total. The lowest BCUT2D eigenvalue weighted by Crippen LogP contribution is -2.45. The third kappa shape index (κ3) is 3.38. The molecule has 1 nitrogen and oxygen atoms in total. The van der Waals surface area contributed by atoms with Crippen LogP contribution in [-0.2, 0) is 0 Å². The SMILES string of the molecule is CCC(C)C(NC=S)C(F)(F)F. The largest absolute Gasteiger partial charge is 0.408 e. The maximum Gasteiger partial charge on any atom is 0.408 e. The number of rotatable bonds is 4. The van der Waals surface area contributed by atoms with Crippen LogP contribution in [0, 0.1) is 5.92 Å². The topological polar surface area (TPSA) is 12.0 Å². The van der Waals surface area contributed by atoms with E-state index in [1.165, 1.54) is 0 Å². The second-order valence-electron chi connectivity index (χ2n) is 2.69. The molecule has 0 rings (SSSR count). The van der Waals surface area contributed by atoms with Gasteiger partial charge in [0.15, 0.2) is 0 Å². The summed E-state index contributed by atoms with van der Waals surface area (Å²) in [4.78, 5) is 0. The molecule has 0 aromatic carbocycles. The Labute approximate surface area is 75.3 Å². The molecule has 0 amide bonds. The van der Waals surface area contributed by atoms with Crippen LogP contribution in [0.3, 0.4) is 0 Å². The zero-order valence-electron chi connectivity index (χ0n) is 6.98. The fraction of sp³-hybridized carbons (Fsp3) is 0.857. The summed E-state index contributed by atoms with van der Waals surface area (Å²) < 4.78 is 36.6. The van der Waals surface area contributed by atoms with Crippen molar-refractivity contribution < 1.29 is 13.2 Å². The highest BCUT2D eigenvalue weighted by atomic mass is 32.1. The Balaban J connectivity index is 4.31. The van der Waals surface area contributed by atoms with Gasteiger partial charge in [-0.15, -0.1) is 0 Å². The van der Waals surface area contributed by atoms with Gasteiger partial charge in [0.25, 0.3) is 0 Å². The van der Waals surface area contributed by atoms with Crippen molar-refractivity contribution in [2.75, 3.05) is 0 Å². The normalized spacial score (nSPS) is 16.8. The number of hydrogen-bond acceptors (Lipinski definition) is 1. The minimum absolute atomic E-state index is 0.454. The second-order valence-corrected chi connectivity index (χ2v) is 2.93. The first kappa shape index (κ1) is 11.7. The number of halogens is 3. The number of alkyl halides is 3. The molecular weight excluding hydrogens is 187 g/mol. The summed E-state index contributed by atoms with van der Waals surface area (Å²) in [5.41, 5.74) is 0.921. The molecule has 0 saturated heterocycles. The summed E-state index contributed by atoms with van der Waals surface area (Å²) in [6.45, 7) is 3.26. The average Bonchev–Trinajstić information content (AvgIpc) is 1.96. The summed E-state index contributed by atoms with van der Waals surface area (Å²) in [5, 5.41) is 2.14. The third-order valence-corrected chi connectivity index (χ3v) is 1.95. The van der Waals surface area contributed by atoms with E-state index in [0.29, 0.717) is 6.42 Å². The first-order valence-electron chi connectivity index (χ1n) is 3.69. The molecule has 0 radical (unpaired) electrons. The Morgan fingerprint density at radius 2 is 2.00 bits per heavy atom. The van der Waals surface area contributed by atoms with Crippen LogP contribution in [0.4, 0.5) is 13.2 Å². The first-order chi connectivity index (χ1) is 5.43. The summed E-state index contributed by atoms with van der Waals surface area (Å²) in [5.74, 6) is -0.454. The highest BCUT2D eigenvalue weighted by Gasteiger charge is 2.41. The molecule has 0 aromatic rings. The summed E-state index contributed by atoms with van der Waals surface area (Å²) in [6, 6.07) is -1.51. The molecular formula is C7H12F3NS. The number of nitrogens with one attached hydrogen (secondary N) is 1. The zero-order chi connectivity index (χ0) is 9.78. The van der Waals surface area contributed by atoms with Crippen molar-refractivity contribution >= 4 is 17.7 Å². The predicted molar refractivity (Wildman–Crippen MR) is 46.1 cm³/mol. The average molecular weight is 199 g/mol. The van der Waals surface area contributed by atoms with Gasteiger partial charge in [0.1, 0.15) is 6.04 Å². The Hall–Kier alpha value is -0.320. The lowest BCUT2D eigenvalue weighted by atomic mass is 9.99. The van der Waals surface area contributed by atoms with Gasteiger partial charge in [0.05, 0.1) is 5.49 Å². The van der Waals surface area contributed by atoms with E-state index in [0.717, 1.165) is 5.49 Å². The van der Waals surface area contributed by atoms with Crippen LogP contribution >= 0.6 is 12.2 Å². The van der Waals surface area contributed by atoms with E-state index in [4.69, 9.17) is 0 Å². The van der Waals surface area contributed by atoms with Crippen LogP contribution in [0.15, 0.2) is 0 Å². The zero-order valence-corrected chi connectivity index (χ0v) is 7.80. The molecule has 2 unspecified atom stereocenters. The van der Waals surface area contributed by atoms with Crippen LogP contribution in [0.5, 0.6) is 0 Å². The Morgan fingerprint density at radius 3 is 2.25 bits per heavy atom. The number of thiocarbonyl (C=S) groups is 1. The Kier molecular flexibility index (Phi) is 4.52. The molecule has 0 aliphatic heterocycles. The molecule has 0 saturated carbocycles. The molecule has 0 bridgehead atoms. The van der Waals surface area contributed by atoms with Crippen molar-refractivity contribution in [1.29, 1.82) is 0 Å². The molecule has 72 valence electrons. The van der Waals surface area contributed by atoms with E-state index in [-0.39, 0.29) is 0 Å². The molecule has 0 aliphatic carbocycles. The van der Waals surface area contributed by atoms with Crippen molar-refractivity contribution in [1.82, 2.24) is 5.32 Å². The Bertz CT molecular complexity index is 146. The van der Waals surface area contributed by atoms with Crippen molar-refractivity contribution in [2.24, 2.45) is 5.92 Å². The van der Waals surface area contributed by atoms with Gasteiger partial charge >= 0.3 is 6.18 Å². The lowest BCUT2D eigenvalue weighted by molar-refractivity contribution is -0.162. The minimum Gasteiger partial charge on any atom is -0.371 e. The molecule has 0 heterocycles. The van der Waals surface area contributed by atoms with E-state index in [9.17, 15) is 13.2 Å². The lowest BCUT2D eigenvalue weighted by Gasteiger charge is -2.25. The van der Waals surface area contributed by atoms with Gasteiger partial charge in [-0.3, -0.25) is 0 Å². The second kappa shape index (κ2) is 4.64. The van der Waals surface area contributed by atoms with Crippen LogP contribution in [0.25, 0.3) is 0 Å². The van der Waals surface area contributed by atoms with Gasteiger partial charge in [-0.05, 0) is 5.92 Å². The highest BCUT2D eigenvalue weighted by molar-refractivity contribution is 7.78. The fourth-order valence-corrected chi connectivity index (χ4v) is 1.04. The van der Waals surface area contributed by atoms with Gasteiger partial charge in [-0.25, -0.2) is 0 Å². The van der Waals surface area contributed by atoms with E-state index in [1.54, 1.807) is 13.8 Å². The molecule has 0 spiro atoms. The standard InChI is InChI=1S/C7H12F3NS/c1-3-5(2)6(11-4-12)7(8,9)10/h4-6H,3H2,1-2H3,(H,11,12). The van der Waals surface area contributed by atoms with Crippen molar-refractivity contribution in [2.45, 2.75) is 32.5 Å². The predicted octanol–water partition coefficient (Wildman–Crippen LogP) is 2.51. The van der Waals surface area contributed by atoms with Crippen LogP contribution < -0.4 is 5.32 Å². The van der Waals surface area contributed by atoms with E-state index >= 15 is 0 Å². The first-order valence-corrected chi connectivity index (χ1v) is 4.17. The van der Waals surface area contributed by atoms with E-state index in [2.05, 4.69) is 17.5 Å². The number of hydrogen-bond donors (Lipinski definition) is 1. The van der Waals surface area contributed by atoms with Gasteiger partial charge in [-0.2, -0.15) is 13.2 Å². The monoisotopic (exact) mass is 199 g/mol. The van der Waals surface area contributed by atoms with Crippen molar-refractivity contribution in [3.63, 3.8) is 0 Å². The van der Waals surface area contributed by atoms with E-state index in [1.807, 2.05) is 0 Å². The maximum atomic E-state index is 12.2. The molecule has 0 fully saturated rings. The minimum atomic E-state index is -4.22. The highest BCUT2D eigenvalue weighted by Crippen LogP contribution is 2.26. The van der Waals surface area contributed by atoms with Gasteiger partial charge < -0.3 is 5.32 Å². The molecule has 0 aromatic heterocycles. The van der Waals surface area contributed by atoms with Crippen LogP contribution in [-0.4, -0.2) is 17.7 Å². The fourth-order valence-electron chi connectivity index (χ4n) is 0.890. The van der Waals surface area contributed by atoms with E-state index < -0.39 is 18.1 Å². The molecule has 12 heavy (non-hydrogen) atoms. The summed E-state index contributed by atoms with van der Waals surface area (Å²) in [7, 11) is 0. The van der Waals surface area contributed by atoms with Crippen molar-refractivity contribution in [3.8, 4) is 0 Å². The maximum absolute atomic E-state index is 12.2. The third-order valence-electron chi connectivity index (χ3n) is 1.81. The molecule has 0 aliphatic rings. The van der Waals surface area contributed by atoms with Crippen molar-refractivity contribution in [3.05, 3.63) is 0 Å². The summed E-state index contributed by atoms with van der Waals surface area (Å²) >= 11 is 4.33. The van der Waals surface area contributed by atoms with Crippen LogP contribution in [0.2, 0.25) is 0 Å². The van der Waals surface area contributed by atoms with Gasteiger partial charge in [0.2, 0.25) is 0 Å². The molecule has 2 atom stereocenters. The van der Waals surface area contributed by atoms with Crippen LogP contribution in [0.1, 0.15) is 20.3 Å².